The molecule has 0 aliphatic carbocycles. The van der Waals surface area contributed by atoms with Gasteiger partial charge in [0.25, 0.3) is 0 Å². The smallest absolute Gasteiger partial charge is 0.164 e. The molecular formula is C56H32N4O2S. The number of furan rings is 2. The van der Waals surface area contributed by atoms with E-state index in [0.717, 1.165) is 88.4 Å². The number of nitrogens with zero attached hydrogens (tertiary/aromatic N) is 4. The van der Waals surface area contributed by atoms with Gasteiger partial charge in [-0.25, -0.2) is 15.0 Å². The Morgan fingerprint density at radius 3 is 1.81 bits per heavy atom. The second kappa shape index (κ2) is 14.2. The monoisotopic (exact) mass is 824 g/mol. The fourth-order valence-corrected chi connectivity index (χ4v) is 10.2. The van der Waals surface area contributed by atoms with Crippen LogP contribution in [0.5, 0.6) is 0 Å². The molecule has 0 amide bonds. The summed E-state index contributed by atoms with van der Waals surface area (Å²) >= 11 is 1.84. The van der Waals surface area contributed by atoms with Crippen molar-refractivity contribution in [2.75, 3.05) is 0 Å². The molecule has 0 spiro atoms. The van der Waals surface area contributed by atoms with E-state index in [4.69, 9.17) is 23.8 Å². The number of aromatic nitrogens is 4. The van der Waals surface area contributed by atoms with E-state index in [2.05, 4.69) is 138 Å². The van der Waals surface area contributed by atoms with E-state index in [-0.39, 0.29) is 0 Å². The lowest BCUT2D eigenvalue weighted by molar-refractivity contribution is 0.669. The summed E-state index contributed by atoms with van der Waals surface area (Å²) in [5, 5.41) is 6.90. The fraction of sp³-hybridized carbons (Fsp3) is 0. The molecule has 7 heteroatoms. The van der Waals surface area contributed by atoms with Crippen LogP contribution in [0.4, 0.5) is 0 Å². The Labute approximate surface area is 364 Å². The van der Waals surface area contributed by atoms with E-state index in [0.29, 0.717) is 17.5 Å². The van der Waals surface area contributed by atoms with Crippen LogP contribution in [0.2, 0.25) is 0 Å². The van der Waals surface area contributed by atoms with Crippen LogP contribution in [0.1, 0.15) is 0 Å². The van der Waals surface area contributed by atoms with Gasteiger partial charge < -0.3 is 8.83 Å². The first-order chi connectivity index (χ1) is 31.2. The summed E-state index contributed by atoms with van der Waals surface area (Å²) in [6, 6.07) is 63.1. The molecule has 0 N–H and O–H groups in total. The fourth-order valence-electron chi connectivity index (χ4n) is 9.06. The summed E-state index contributed by atoms with van der Waals surface area (Å²) < 4.78 is 15.6. The molecular weight excluding hydrogens is 793 g/mol. The van der Waals surface area contributed by atoms with Gasteiger partial charge in [0.15, 0.2) is 17.5 Å². The van der Waals surface area contributed by atoms with Gasteiger partial charge in [0, 0.05) is 81.9 Å². The minimum atomic E-state index is 0.552. The van der Waals surface area contributed by atoms with Crippen LogP contribution in [-0.2, 0) is 0 Å². The van der Waals surface area contributed by atoms with E-state index < -0.39 is 0 Å². The summed E-state index contributed by atoms with van der Waals surface area (Å²) in [5.41, 5.74) is 12.2. The van der Waals surface area contributed by atoms with Crippen LogP contribution in [0, 0.1) is 0 Å². The first-order valence-electron chi connectivity index (χ1n) is 20.8. The minimum Gasteiger partial charge on any atom is -0.456 e. The van der Waals surface area contributed by atoms with Gasteiger partial charge >= 0.3 is 0 Å². The summed E-state index contributed by atoms with van der Waals surface area (Å²) in [7, 11) is 0. The SMILES string of the molecule is c1cncc(-c2ccccc2-c2nc(-c3ccc(-c4ccc(-c5ccc6c(c5)sc5ccccc56)c5c4oc4ccccc45)cc3)nc(-c3ccc4c(c3)oc3ccccc34)n2)c1. The largest absolute Gasteiger partial charge is 0.456 e. The highest BCUT2D eigenvalue weighted by Crippen LogP contribution is 2.44. The molecule has 0 unspecified atom stereocenters. The highest BCUT2D eigenvalue weighted by atomic mass is 32.1. The molecule has 0 bridgehead atoms. The quantitative estimate of drug-likeness (QED) is 0.166. The first kappa shape index (κ1) is 35.5. The van der Waals surface area contributed by atoms with Crippen molar-refractivity contribution in [2.45, 2.75) is 0 Å². The number of hydrogen-bond donors (Lipinski definition) is 0. The number of fused-ring (bicyclic) bond motifs is 9. The van der Waals surface area contributed by atoms with Gasteiger partial charge in [0.2, 0.25) is 0 Å². The second-order valence-corrected chi connectivity index (χ2v) is 16.8. The lowest BCUT2D eigenvalue weighted by Crippen LogP contribution is -2.01. The van der Waals surface area contributed by atoms with Crippen LogP contribution in [-0.4, -0.2) is 19.9 Å². The van der Waals surface area contributed by atoms with E-state index in [9.17, 15) is 0 Å². The molecule has 0 radical (unpaired) electrons. The van der Waals surface area contributed by atoms with Crippen molar-refractivity contribution in [1.82, 2.24) is 19.9 Å². The maximum absolute atomic E-state index is 6.73. The molecule has 13 rings (SSSR count). The van der Waals surface area contributed by atoms with Gasteiger partial charge in [-0.15, -0.1) is 11.3 Å². The molecule has 13 aromatic rings. The normalized spacial score (nSPS) is 11.8. The molecule has 0 saturated carbocycles. The topological polar surface area (TPSA) is 77.8 Å². The van der Waals surface area contributed by atoms with Gasteiger partial charge in [0.1, 0.15) is 22.3 Å². The Morgan fingerprint density at radius 2 is 0.968 bits per heavy atom. The van der Waals surface area contributed by atoms with Crippen LogP contribution in [0.25, 0.3) is 132 Å². The average molecular weight is 825 g/mol. The van der Waals surface area contributed by atoms with Gasteiger partial charge in [-0.3, -0.25) is 4.98 Å². The predicted octanol–water partition coefficient (Wildman–Crippen LogP) is 15.4. The Kier molecular flexibility index (Phi) is 7.98. The number of thiophene rings is 1. The van der Waals surface area contributed by atoms with Crippen LogP contribution in [0.15, 0.2) is 203 Å². The molecule has 6 nitrogen and oxygen atoms in total. The van der Waals surface area contributed by atoms with Gasteiger partial charge in [0.05, 0.1) is 0 Å². The van der Waals surface area contributed by atoms with Crippen molar-refractivity contribution in [3.8, 4) is 67.5 Å². The summed E-state index contributed by atoms with van der Waals surface area (Å²) in [6.07, 6.45) is 3.65. The zero-order chi connectivity index (χ0) is 41.4. The van der Waals surface area contributed by atoms with Crippen LogP contribution >= 0.6 is 11.3 Å². The summed E-state index contributed by atoms with van der Waals surface area (Å²) in [6.45, 7) is 0. The molecule has 294 valence electrons. The van der Waals surface area contributed by atoms with E-state index in [1.165, 1.54) is 25.7 Å². The third kappa shape index (κ3) is 5.86. The van der Waals surface area contributed by atoms with Crippen LogP contribution < -0.4 is 0 Å². The van der Waals surface area contributed by atoms with Gasteiger partial charge in [-0.1, -0.05) is 133 Å². The Balaban J connectivity index is 0.941. The van der Waals surface area contributed by atoms with Crippen molar-refractivity contribution in [1.29, 1.82) is 0 Å². The van der Waals surface area contributed by atoms with E-state index in [1.54, 1.807) is 6.20 Å². The Morgan fingerprint density at radius 1 is 0.349 bits per heavy atom. The number of pyridine rings is 1. The third-order valence-electron chi connectivity index (χ3n) is 12.1. The summed E-state index contributed by atoms with van der Waals surface area (Å²) in [4.78, 5) is 19.8. The number of hydrogen-bond acceptors (Lipinski definition) is 7. The molecule has 5 aromatic heterocycles. The highest BCUT2D eigenvalue weighted by molar-refractivity contribution is 7.25. The van der Waals surface area contributed by atoms with Gasteiger partial charge in [-0.05, 0) is 70.8 Å². The van der Waals surface area contributed by atoms with Crippen LogP contribution in [0.3, 0.4) is 0 Å². The molecule has 0 saturated heterocycles. The number of para-hydroxylation sites is 2. The van der Waals surface area contributed by atoms with Crippen molar-refractivity contribution in [3.63, 3.8) is 0 Å². The lowest BCUT2D eigenvalue weighted by atomic mass is 9.94. The maximum atomic E-state index is 6.73. The molecule has 8 aromatic carbocycles. The minimum absolute atomic E-state index is 0.552. The number of benzene rings is 8. The maximum Gasteiger partial charge on any atom is 0.164 e. The molecule has 63 heavy (non-hydrogen) atoms. The highest BCUT2D eigenvalue weighted by Gasteiger charge is 2.20. The zero-order valence-corrected chi connectivity index (χ0v) is 34.3. The lowest BCUT2D eigenvalue weighted by Gasteiger charge is -2.12. The van der Waals surface area contributed by atoms with Gasteiger partial charge in [-0.2, -0.15) is 0 Å². The third-order valence-corrected chi connectivity index (χ3v) is 13.2. The molecule has 5 heterocycles. The van der Waals surface area contributed by atoms with Crippen molar-refractivity contribution < 1.29 is 8.83 Å². The summed E-state index contributed by atoms with van der Waals surface area (Å²) in [5.74, 6) is 1.68. The molecule has 0 atom stereocenters. The standard InChI is InChI=1S/C56H32N4O2S/c1-2-14-45(38(11-1)37-10-9-29-57-32-37)56-59-54(58-55(60-56)36-24-25-42-41-12-3-6-16-47(41)61-49(42)30-36)34-21-19-33(20-22-34)40-28-27-39(52-46-15-4-7-17-48(46)62-53(40)52)35-23-26-44-43-13-5-8-18-50(43)63-51(44)31-35/h1-32H. The molecule has 0 aliphatic rings. The predicted molar refractivity (Wildman–Crippen MR) is 258 cm³/mol. The average Bonchev–Trinajstić information content (AvgIpc) is 4.05. The Hall–Kier alpha value is -8.26. The molecule has 0 aliphatic heterocycles. The van der Waals surface area contributed by atoms with E-state index in [1.807, 2.05) is 66.1 Å². The van der Waals surface area contributed by atoms with Crippen molar-refractivity contribution in [3.05, 3.63) is 194 Å². The molecule has 0 fully saturated rings. The van der Waals surface area contributed by atoms with Crippen molar-refractivity contribution in [2.24, 2.45) is 0 Å². The zero-order valence-electron chi connectivity index (χ0n) is 33.5. The number of rotatable bonds is 6. The van der Waals surface area contributed by atoms with Crippen molar-refractivity contribution >= 4 is 75.4 Å². The second-order valence-electron chi connectivity index (χ2n) is 15.8. The Bertz CT molecular complexity index is 3920. The van der Waals surface area contributed by atoms with E-state index >= 15 is 0 Å². The first-order valence-corrected chi connectivity index (χ1v) is 21.7.